The second kappa shape index (κ2) is 3.42. The van der Waals surface area contributed by atoms with Crippen LogP contribution in [0.4, 0.5) is 4.39 Å². The summed E-state index contributed by atoms with van der Waals surface area (Å²) in [6.07, 6.45) is 1.77. The topological polar surface area (TPSA) is 17.8 Å². The van der Waals surface area contributed by atoms with Crippen molar-refractivity contribution in [3.05, 3.63) is 41.3 Å². The van der Waals surface area contributed by atoms with Crippen molar-refractivity contribution >= 4 is 11.6 Å². The van der Waals surface area contributed by atoms with Crippen molar-refractivity contribution in [1.82, 2.24) is 9.78 Å². The first-order valence-corrected chi connectivity index (χ1v) is 4.49. The van der Waals surface area contributed by atoms with E-state index in [1.165, 1.54) is 6.07 Å². The summed E-state index contributed by atoms with van der Waals surface area (Å²) in [6.45, 7) is 0. The fraction of sp³-hybridized carbons (Fsp3) is 0.100. The van der Waals surface area contributed by atoms with Crippen LogP contribution >= 0.6 is 11.6 Å². The molecule has 0 amide bonds. The van der Waals surface area contributed by atoms with Crippen LogP contribution in [0.15, 0.2) is 30.5 Å². The Kier molecular flexibility index (Phi) is 2.25. The van der Waals surface area contributed by atoms with Gasteiger partial charge in [0, 0.05) is 23.8 Å². The van der Waals surface area contributed by atoms with Gasteiger partial charge in [0.15, 0.2) is 0 Å². The zero-order chi connectivity index (χ0) is 10.1. The minimum absolute atomic E-state index is 0.351. The average molecular weight is 211 g/mol. The number of hydrogen-bond acceptors (Lipinski definition) is 1. The van der Waals surface area contributed by atoms with Gasteiger partial charge < -0.3 is 0 Å². The van der Waals surface area contributed by atoms with Gasteiger partial charge in [-0.25, -0.2) is 4.39 Å². The van der Waals surface area contributed by atoms with Crippen LogP contribution in [0.3, 0.4) is 0 Å². The van der Waals surface area contributed by atoms with Crippen molar-refractivity contribution in [3.8, 4) is 11.3 Å². The third-order valence-corrected chi connectivity index (χ3v) is 2.16. The molecule has 2 rings (SSSR count). The Labute approximate surface area is 85.9 Å². The number of benzene rings is 1. The zero-order valence-electron chi connectivity index (χ0n) is 7.54. The number of halogens is 2. The Hall–Kier alpha value is -1.35. The zero-order valence-corrected chi connectivity index (χ0v) is 8.29. The number of nitrogens with zero attached hydrogens (tertiary/aromatic N) is 2. The number of aromatic nitrogens is 2. The van der Waals surface area contributed by atoms with E-state index in [2.05, 4.69) is 5.10 Å². The molecule has 1 aromatic carbocycles. The maximum atomic E-state index is 13.4. The third-order valence-electron chi connectivity index (χ3n) is 1.92. The molecule has 0 saturated carbocycles. The van der Waals surface area contributed by atoms with Gasteiger partial charge in [-0.2, -0.15) is 5.10 Å². The molecule has 0 aliphatic rings. The molecular weight excluding hydrogens is 203 g/mol. The predicted molar refractivity (Wildman–Crippen MR) is 53.6 cm³/mol. The highest BCUT2D eigenvalue weighted by Crippen LogP contribution is 2.23. The Morgan fingerprint density at radius 1 is 1.36 bits per heavy atom. The normalized spacial score (nSPS) is 10.5. The molecule has 1 heterocycles. The maximum absolute atomic E-state index is 13.4. The third kappa shape index (κ3) is 1.63. The van der Waals surface area contributed by atoms with E-state index in [1.807, 2.05) is 0 Å². The molecule has 0 N–H and O–H groups in total. The molecule has 2 nitrogen and oxygen atoms in total. The fourth-order valence-corrected chi connectivity index (χ4v) is 1.41. The Balaban J connectivity index is 2.52. The van der Waals surface area contributed by atoms with Crippen LogP contribution in [0, 0.1) is 5.82 Å². The molecule has 0 fully saturated rings. The molecular formula is C10H8ClFN2. The van der Waals surface area contributed by atoms with E-state index in [1.54, 1.807) is 36.1 Å². The smallest absolute Gasteiger partial charge is 0.134 e. The molecule has 0 aliphatic carbocycles. The lowest BCUT2D eigenvalue weighted by Crippen LogP contribution is -1.89. The summed E-state index contributed by atoms with van der Waals surface area (Å²) in [7, 11) is 1.79. The van der Waals surface area contributed by atoms with Crippen molar-refractivity contribution in [2.45, 2.75) is 0 Å². The summed E-state index contributed by atoms with van der Waals surface area (Å²) < 4.78 is 15.0. The minimum atomic E-state index is -0.351. The van der Waals surface area contributed by atoms with E-state index in [-0.39, 0.29) is 5.82 Å². The number of rotatable bonds is 1. The first-order chi connectivity index (χ1) is 6.66. The SMILES string of the molecule is Cn1ccc(-c2ccc(Cl)cc2F)n1. The van der Waals surface area contributed by atoms with Crippen LogP contribution in [0.1, 0.15) is 0 Å². The molecule has 2 aromatic rings. The van der Waals surface area contributed by atoms with Gasteiger partial charge in [-0.15, -0.1) is 0 Å². The molecule has 0 saturated heterocycles. The van der Waals surface area contributed by atoms with Crippen LogP contribution in [0.5, 0.6) is 0 Å². The van der Waals surface area contributed by atoms with Gasteiger partial charge in [0.05, 0.1) is 5.69 Å². The quantitative estimate of drug-likeness (QED) is 0.708. The molecule has 14 heavy (non-hydrogen) atoms. The maximum Gasteiger partial charge on any atom is 0.134 e. The lowest BCUT2D eigenvalue weighted by atomic mass is 10.1. The Bertz CT molecular complexity index is 465. The van der Waals surface area contributed by atoms with E-state index in [0.29, 0.717) is 16.3 Å². The summed E-state index contributed by atoms with van der Waals surface area (Å²) >= 11 is 5.64. The summed E-state index contributed by atoms with van der Waals surface area (Å²) in [5.74, 6) is -0.351. The highest BCUT2D eigenvalue weighted by molar-refractivity contribution is 6.30. The van der Waals surface area contributed by atoms with Crippen LogP contribution in [0.2, 0.25) is 5.02 Å². The molecule has 0 atom stereocenters. The Morgan fingerprint density at radius 2 is 2.14 bits per heavy atom. The van der Waals surface area contributed by atoms with Crippen LogP contribution < -0.4 is 0 Å². The van der Waals surface area contributed by atoms with Crippen LogP contribution in [-0.4, -0.2) is 9.78 Å². The summed E-state index contributed by atoms with van der Waals surface area (Å²) in [6, 6.07) is 6.31. The molecule has 0 radical (unpaired) electrons. The molecule has 0 bridgehead atoms. The molecule has 72 valence electrons. The van der Waals surface area contributed by atoms with Crippen LogP contribution in [-0.2, 0) is 7.05 Å². The molecule has 0 aliphatic heterocycles. The standard InChI is InChI=1S/C10H8ClFN2/c1-14-5-4-10(13-14)8-3-2-7(11)6-9(8)12/h2-6H,1H3. The lowest BCUT2D eigenvalue weighted by Gasteiger charge is -1.99. The first-order valence-electron chi connectivity index (χ1n) is 4.12. The van der Waals surface area contributed by atoms with Crippen molar-refractivity contribution in [2.75, 3.05) is 0 Å². The largest absolute Gasteiger partial charge is 0.275 e. The van der Waals surface area contributed by atoms with Crippen molar-refractivity contribution in [3.63, 3.8) is 0 Å². The summed E-state index contributed by atoms with van der Waals surface area (Å²) in [5, 5.41) is 4.50. The van der Waals surface area contributed by atoms with E-state index >= 15 is 0 Å². The predicted octanol–water partition coefficient (Wildman–Crippen LogP) is 2.88. The van der Waals surface area contributed by atoms with Gasteiger partial charge in [-0.1, -0.05) is 11.6 Å². The highest BCUT2D eigenvalue weighted by Gasteiger charge is 2.07. The second-order valence-electron chi connectivity index (χ2n) is 3.00. The molecule has 1 aromatic heterocycles. The lowest BCUT2D eigenvalue weighted by molar-refractivity contribution is 0.630. The summed E-state index contributed by atoms with van der Waals surface area (Å²) in [4.78, 5) is 0. The monoisotopic (exact) mass is 210 g/mol. The van der Waals surface area contributed by atoms with Crippen molar-refractivity contribution < 1.29 is 4.39 Å². The van der Waals surface area contributed by atoms with Gasteiger partial charge in [0.2, 0.25) is 0 Å². The Morgan fingerprint density at radius 3 is 2.71 bits per heavy atom. The van der Waals surface area contributed by atoms with Crippen molar-refractivity contribution in [1.29, 1.82) is 0 Å². The van der Waals surface area contributed by atoms with Gasteiger partial charge in [-0.05, 0) is 24.3 Å². The molecule has 0 unspecified atom stereocenters. The van der Waals surface area contributed by atoms with Crippen LogP contribution in [0.25, 0.3) is 11.3 Å². The number of hydrogen-bond donors (Lipinski definition) is 0. The van der Waals surface area contributed by atoms with E-state index in [0.717, 1.165) is 0 Å². The average Bonchev–Trinajstić information content (AvgIpc) is 2.51. The van der Waals surface area contributed by atoms with E-state index in [4.69, 9.17) is 11.6 Å². The van der Waals surface area contributed by atoms with E-state index in [9.17, 15) is 4.39 Å². The second-order valence-corrected chi connectivity index (χ2v) is 3.44. The van der Waals surface area contributed by atoms with Crippen molar-refractivity contribution in [2.24, 2.45) is 7.05 Å². The number of aryl methyl sites for hydroxylation is 1. The minimum Gasteiger partial charge on any atom is -0.275 e. The fourth-order valence-electron chi connectivity index (χ4n) is 1.26. The van der Waals surface area contributed by atoms with Gasteiger partial charge in [-0.3, -0.25) is 4.68 Å². The molecule has 0 spiro atoms. The highest BCUT2D eigenvalue weighted by atomic mass is 35.5. The van der Waals surface area contributed by atoms with Gasteiger partial charge in [0.25, 0.3) is 0 Å². The van der Waals surface area contributed by atoms with E-state index < -0.39 is 0 Å². The van der Waals surface area contributed by atoms with Gasteiger partial charge >= 0.3 is 0 Å². The summed E-state index contributed by atoms with van der Waals surface area (Å²) in [5.41, 5.74) is 1.08. The first kappa shape index (κ1) is 9.21. The molecule has 4 heteroatoms. The van der Waals surface area contributed by atoms with Gasteiger partial charge in [0.1, 0.15) is 5.82 Å².